The second-order valence-corrected chi connectivity index (χ2v) is 7.19. The molecule has 0 spiro atoms. The largest absolute Gasteiger partial charge is 0.480 e. The van der Waals surface area contributed by atoms with Gasteiger partial charge >= 0.3 is 0 Å². The zero-order chi connectivity index (χ0) is 21.2. The number of halogens is 3. The summed E-state index contributed by atoms with van der Waals surface area (Å²) >= 11 is 0. The highest BCUT2D eigenvalue weighted by Crippen LogP contribution is 2.37. The molecule has 0 saturated heterocycles. The predicted octanol–water partition coefficient (Wildman–Crippen LogP) is 2.52. The summed E-state index contributed by atoms with van der Waals surface area (Å²) in [6, 6.07) is 0.217. The van der Waals surface area contributed by atoms with Crippen molar-refractivity contribution in [2.24, 2.45) is 11.7 Å². The molecule has 8 nitrogen and oxygen atoms in total. The number of anilines is 1. The maximum absolute atomic E-state index is 14.3. The molecule has 2 aromatic rings. The maximum Gasteiger partial charge on any atom is 0.256 e. The molecule has 1 saturated carbocycles. The number of nitrogens with zero attached hydrogens (tertiary/aromatic N) is 4. The van der Waals surface area contributed by atoms with E-state index in [0.717, 1.165) is 0 Å². The monoisotopic (exact) mass is 412 g/mol. The van der Waals surface area contributed by atoms with E-state index in [1.54, 1.807) is 13.0 Å². The van der Waals surface area contributed by atoms with Crippen LogP contribution in [0, 0.1) is 11.9 Å². The van der Waals surface area contributed by atoms with Gasteiger partial charge < -0.3 is 15.8 Å². The van der Waals surface area contributed by atoms with Gasteiger partial charge in [0, 0.05) is 18.4 Å². The van der Waals surface area contributed by atoms with Gasteiger partial charge in [0.1, 0.15) is 5.69 Å². The van der Waals surface area contributed by atoms with Gasteiger partial charge in [0.15, 0.2) is 0 Å². The Bertz CT molecular complexity index is 865. The Labute approximate surface area is 165 Å². The number of nitrogens with one attached hydrogen (secondary N) is 1. The molecule has 11 heteroatoms. The molecule has 2 heterocycles. The Morgan fingerprint density at radius 2 is 2.10 bits per heavy atom. The fourth-order valence-corrected chi connectivity index (χ4v) is 3.45. The van der Waals surface area contributed by atoms with Gasteiger partial charge in [-0.1, -0.05) is 0 Å². The van der Waals surface area contributed by atoms with Crippen molar-refractivity contribution in [3.63, 3.8) is 0 Å². The van der Waals surface area contributed by atoms with Crippen molar-refractivity contribution in [2.45, 2.75) is 50.6 Å². The summed E-state index contributed by atoms with van der Waals surface area (Å²) < 4.78 is 47.4. The van der Waals surface area contributed by atoms with Crippen molar-refractivity contribution in [2.75, 3.05) is 12.4 Å². The Morgan fingerprint density at radius 1 is 1.41 bits per heavy atom. The topological polar surface area (TPSA) is 108 Å². The summed E-state index contributed by atoms with van der Waals surface area (Å²) in [6.07, 6.45) is 2.50. The van der Waals surface area contributed by atoms with Crippen LogP contribution in [0.4, 0.5) is 18.9 Å². The van der Waals surface area contributed by atoms with E-state index < -0.39 is 29.9 Å². The number of carbonyl (C=O) groups is 1. The van der Waals surface area contributed by atoms with Crippen molar-refractivity contribution >= 4 is 11.6 Å². The van der Waals surface area contributed by atoms with E-state index in [1.807, 2.05) is 0 Å². The van der Waals surface area contributed by atoms with E-state index in [4.69, 9.17) is 10.5 Å². The molecule has 1 aliphatic rings. The molecule has 0 radical (unpaired) electrons. The number of methoxy groups -OCH3 is 1. The highest BCUT2D eigenvalue weighted by molar-refractivity contribution is 5.94. The van der Waals surface area contributed by atoms with Crippen molar-refractivity contribution < 1.29 is 22.7 Å². The minimum Gasteiger partial charge on any atom is -0.480 e. The minimum atomic E-state index is -2.71. The van der Waals surface area contributed by atoms with Crippen LogP contribution in [0.5, 0.6) is 5.88 Å². The third kappa shape index (κ3) is 4.66. The number of hydrogen-bond acceptors (Lipinski definition) is 6. The van der Waals surface area contributed by atoms with E-state index in [0.29, 0.717) is 5.56 Å². The van der Waals surface area contributed by atoms with Crippen molar-refractivity contribution in [3.05, 3.63) is 30.0 Å². The first-order valence-corrected chi connectivity index (χ1v) is 9.26. The van der Waals surface area contributed by atoms with Crippen LogP contribution in [0.3, 0.4) is 0 Å². The zero-order valence-corrected chi connectivity index (χ0v) is 16.1. The van der Waals surface area contributed by atoms with Crippen LogP contribution in [-0.4, -0.2) is 45.0 Å². The standard InChI is InChI=1S/C18H23F3N6O2/c1-10(12-5-8-23-25-17(12)29-2)27-9-13(15(19)26-27)24-16(28)14(22)11-3-6-18(20,21)7-4-11/h5,8-11,14H,3-4,6-7,22H2,1-2H3,(H,24,28). The van der Waals surface area contributed by atoms with Crippen LogP contribution in [-0.2, 0) is 4.79 Å². The summed E-state index contributed by atoms with van der Waals surface area (Å²) in [5, 5.41) is 13.8. The zero-order valence-electron chi connectivity index (χ0n) is 16.1. The summed E-state index contributed by atoms with van der Waals surface area (Å²) in [7, 11) is 1.44. The van der Waals surface area contributed by atoms with E-state index >= 15 is 0 Å². The number of hydrogen-bond donors (Lipinski definition) is 2. The Kier molecular flexibility index (Phi) is 6.06. The van der Waals surface area contributed by atoms with Gasteiger partial charge in [0.2, 0.25) is 17.7 Å². The molecule has 1 aliphatic carbocycles. The fraction of sp³-hybridized carbons (Fsp3) is 0.556. The number of ether oxygens (including phenoxy) is 1. The number of alkyl halides is 2. The maximum atomic E-state index is 14.3. The van der Waals surface area contributed by atoms with Crippen molar-refractivity contribution in [1.29, 1.82) is 0 Å². The lowest BCUT2D eigenvalue weighted by Gasteiger charge is -2.31. The molecule has 29 heavy (non-hydrogen) atoms. The third-order valence-corrected chi connectivity index (χ3v) is 5.27. The van der Waals surface area contributed by atoms with Gasteiger partial charge in [-0.15, -0.1) is 10.2 Å². The summed E-state index contributed by atoms with van der Waals surface area (Å²) in [4.78, 5) is 12.4. The lowest BCUT2D eigenvalue weighted by Crippen LogP contribution is -2.44. The Balaban J connectivity index is 1.69. The third-order valence-electron chi connectivity index (χ3n) is 5.27. The van der Waals surface area contributed by atoms with Crippen LogP contribution < -0.4 is 15.8 Å². The molecule has 158 valence electrons. The number of carbonyl (C=O) groups excluding carboxylic acids is 1. The van der Waals surface area contributed by atoms with Gasteiger partial charge in [-0.05, 0) is 31.7 Å². The second kappa shape index (κ2) is 8.36. The highest BCUT2D eigenvalue weighted by Gasteiger charge is 2.38. The van der Waals surface area contributed by atoms with Crippen LogP contribution in [0.15, 0.2) is 18.5 Å². The molecule has 2 aromatic heterocycles. The van der Waals surface area contributed by atoms with Crippen LogP contribution in [0.1, 0.15) is 44.2 Å². The lowest BCUT2D eigenvalue weighted by molar-refractivity contribution is -0.120. The van der Waals surface area contributed by atoms with Crippen molar-refractivity contribution in [3.8, 4) is 5.88 Å². The molecule has 0 bridgehead atoms. The lowest BCUT2D eigenvalue weighted by atomic mass is 9.82. The number of aromatic nitrogens is 4. The second-order valence-electron chi connectivity index (χ2n) is 7.19. The van der Waals surface area contributed by atoms with E-state index in [9.17, 15) is 18.0 Å². The average molecular weight is 412 g/mol. The molecular weight excluding hydrogens is 389 g/mol. The van der Waals surface area contributed by atoms with Gasteiger partial charge in [0.25, 0.3) is 5.95 Å². The number of rotatable bonds is 6. The molecule has 1 fully saturated rings. The van der Waals surface area contributed by atoms with Crippen LogP contribution in [0.25, 0.3) is 0 Å². The number of amides is 1. The van der Waals surface area contributed by atoms with E-state index in [2.05, 4.69) is 20.6 Å². The van der Waals surface area contributed by atoms with Gasteiger partial charge in [-0.3, -0.25) is 9.48 Å². The fourth-order valence-electron chi connectivity index (χ4n) is 3.45. The van der Waals surface area contributed by atoms with E-state index in [1.165, 1.54) is 24.2 Å². The summed E-state index contributed by atoms with van der Waals surface area (Å²) in [6.45, 7) is 1.76. The minimum absolute atomic E-state index is 0.139. The Hall–Kier alpha value is -2.69. The quantitative estimate of drug-likeness (QED) is 0.755. The molecule has 2 atom stereocenters. The molecule has 2 unspecified atom stereocenters. The molecule has 0 aromatic carbocycles. The normalized spacial score (nSPS) is 18.8. The van der Waals surface area contributed by atoms with Gasteiger partial charge in [-0.25, -0.2) is 8.78 Å². The van der Waals surface area contributed by atoms with Crippen molar-refractivity contribution in [1.82, 2.24) is 20.0 Å². The van der Waals surface area contributed by atoms with Gasteiger partial charge in [0.05, 0.1) is 31.6 Å². The first-order valence-electron chi connectivity index (χ1n) is 9.26. The smallest absolute Gasteiger partial charge is 0.256 e. The number of nitrogens with two attached hydrogens (primary N) is 1. The first-order chi connectivity index (χ1) is 13.7. The molecule has 3 N–H and O–H groups in total. The molecule has 1 amide bonds. The summed E-state index contributed by atoms with van der Waals surface area (Å²) in [5.74, 6) is -4.32. The van der Waals surface area contributed by atoms with Crippen LogP contribution >= 0.6 is 0 Å². The summed E-state index contributed by atoms with van der Waals surface area (Å²) in [5.41, 5.74) is 6.42. The molecule has 3 rings (SSSR count). The van der Waals surface area contributed by atoms with Gasteiger partial charge in [-0.2, -0.15) is 9.49 Å². The Morgan fingerprint density at radius 3 is 2.76 bits per heavy atom. The highest BCUT2D eigenvalue weighted by atomic mass is 19.3. The molecular formula is C18H23F3N6O2. The first kappa shape index (κ1) is 21.0. The van der Waals surface area contributed by atoms with E-state index in [-0.39, 0.29) is 43.2 Å². The van der Waals surface area contributed by atoms with Crippen LogP contribution in [0.2, 0.25) is 0 Å². The molecule has 0 aliphatic heterocycles. The average Bonchev–Trinajstić information content (AvgIpc) is 3.07. The SMILES string of the molecule is COc1nnccc1C(C)n1cc(NC(=O)C(N)C2CCC(F)(F)CC2)c(F)n1. The predicted molar refractivity (Wildman–Crippen MR) is 98.1 cm³/mol.